The van der Waals surface area contributed by atoms with E-state index >= 15 is 0 Å². The zero-order chi connectivity index (χ0) is 9.46. The molecule has 1 aromatic carbocycles. The maximum absolute atomic E-state index is 7.53. The van der Waals surface area contributed by atoms with Crippen LogP contribution in [-0.2, 0) is 0 Å². The topological polar surface area (TPSA) is 52.0 Å². The Morgan fingerprint density at radius 2 is 1.40 bits per heavy atom. The smallest absolute Gasteiger partial charge is 0.0648 e. The predicted molar refractivity (Wildman–Crippen MR) is 44.7 cm³/mol. The Kier molecular flexibility index (Phi) is 1.02. The summed E-state index contributed by atoms with van der Waals surface area (Å²) in [6, 6.07) is 0.474. The molecule has 1 aromatic rings. The monoisotopic (exact) mass is 138 g/mol. The molecule has 4 N–H and O–H groups in total. The van der Waals surface area contributed by atoms with Crippen molar-refractivity contribution in [2.75, 3.05) is 11.5 Å². The fraction of sp³-hybridized carbons (Fsp3) is 0.250. The summed E-state index contributed by atoms with van der Waals surface area (Å²) in [7, 11) is 0. The lowest BCUT2D eigenvalue weighted by molar-refractivity contribution is 1.35. The van der Waals surface area contributed by atoms with Crippen LogP contribution in [0.25, 0.3) is 0 Å². The first-order valence-electron chi connectivity index (χ1n) is 4.08. The number of rotatable bonds is 0. The van der Waals surface area contributed by atoms with Gasteiger partial charge in [0.25, 0.3) is 0 Å². The van der Waals surface area contributed by atoms with Crippen molar-refractivity contribution in [3.05, 3.63) is 23.2 Å². The second-order valence-electron chi connectivity index (χ2n) is 2.33. The van der Waals surface area contributed by atoms with E-state index in [2.05, 4.69) is 0 Å². The van der Waals surface area contributed by atoms with E-state index in [1.54, 1.807) is 13.8 Å². The minimum absolute atomic E-state index is 0.211. The van der Waals surface area contributed by atoms with Crippen molar-refractivity contribution in [3.8, 4) is 0 Å². The molecule has 0 aliphatic carbocycles. The maximum Gasteiger partial charge on any atom is 0.0648 e. The van der Waals surface area contributed by atoms with E-state index in [1.807, 2.05) is 0 Å². The summed E-state index contributed by atoms with van der Waals surface area (Å²) in [5.74, 6) is 0. The lowest BCUT2D eigenvalue weighted by Gasteiger charge is -2.03. The summed E-state index contributed by atoms with van der Waals surface area (Å²) in [4.78, 5) is 0. The van der Waals surface area contributed by atoms with Crippen molar-refractivity contribution in [3.63, 3.8) is 0 Å². The molecule has 0 heterocycles. The highest BCUT2D eigenvalue weighted by Crippen LogP contribution is 2.18. The number of hydrogen-bond acceptors (Lipinski definition) is 2. The van der Waals surface area contributed by atoms with Crippen LogP contribution in [0, 0.1) is 13.8 Å². The van der Waals surface area contributed by atoms with Crippen molar-refractivity contribution >= 4 is 11.4 Å². The highest BCUT2D eigenvalue weighted by atomic mass is 14.7. The molecule has 0 aliphatic heterocycles. The summed E-state index contributed by atoms with van der Waals surface area (Å²) >= 11 is 0. The molecular formula is C8H12N2. The van der Waals surface area contributed by atoms with E-state index in [9.17, 15) is 0 Å². The van der Waals surface area contributed by atoms with Gasteiger partial charge in [-0.05, 0) is 37.1 Å². The van der Waals surface area contributed by atoms with Gasteiger partial charge in [0.05, 0.1) is 14.1 Å². The molecule has 0 radical (unpaired) electrons. The fourth-order valence-electron chi connectivity index (χ4n) is 0.726. The number of hydrogen-bond donors (Lipinski definition) is 2. The average Bonchev–Trinajstić information content (AvgIpc) is 2.08. The van der Waals surface area contributed by atoms with Gasteiger partial charge in [0, 0.05) is 0 Å². The Bertz CT molecular complexity index is 229. The third-order valence-corrected chi connectivity index (χ3v) is 1.50. The molecule has 2 heteroatoms. The van der Waals surface area contributed by atoms with Gasteiger partial charge < -0.3 is 11.5 Å². The van der Waals surface area contributed by atoms with Crippen molar-refractivity contribution in [1.29, 1.82) is 0 Å². The van der Waals surface area contributed by atoms with Gasteiger partial charge in [0.15, 0.2) is 0 Å². The molecule has 0 unspecified atom stereocenters. The molecule has 0 fully saturated rings. The van der Waals surface area contributed by atoms with Gasteiger partial charge in [-0.3, -0.25) is 0 Å². The van der Waals surface area contributed by atoms with Crippen LogP contribution in [0.15, 0.2) is 12.1 Å². The first-order chi connectivity index (χ1) is 5.46. The first kappa shape index (κ1) is 4.61. The van der Waals surface area contributed by atoms with E-state index < -0.39 is 0 Å². The van der Waals surface area contributed by atoms with E-state index in [0.717, 1.165) is 11.1 Å². The van der Waals surface area contributed by atoms with Gasteiger partial charge in [-0.15, -0.1) is 0 Å². The summed E-state index contributed by atoms with van der Waals surface area (Å²) in [5, 5.41) is 0. The summed E-state index contributed by atoms with van der Waals surface area (Å²) < 4.78 is 15.1. The van der Waals surface area contributed by atoms with Gasteiger partial charge in [0.2, 0.25) is 0 Å². The zero-order valence-electron chi connectivity index (χ0n) is 8.15. The molecule has 0 bridgehead atoms. The number of benzene rings is 1. The van der Waals surface area contributed by atoms with E-state index in [0.29, 0.717) is 0 Å². The Labute approximate surface area is 63.7 Å². The number of anilines is 2. The first-order valence-corrected chi connectivity index (χ1v) is 3.08. The molecule has 0 aliphatic rings. The van der Waals surface area contributed by atoms with Crippen LogP contribution < -0.4 is 11.5 Å². The molecule has 2 nitrogen and oxygen atoms in total. The van der Waals surface area contributed by atoms with Gasteiger partial charge in [0.1, 0.15) is 0 Å². The fourth-order valence-corrected chi connectivity index (χ4v) is 0.726. The van der Waals surface area contributed by atoms with Crippen LogP contribution in [0.3, 0.4) is 0 Å². The average molecular weight is 138 g/mol. The van der Waals surface area contributed by atoms with Gasteiger partial charge in [-0.2, -0.15) is 0 Å². The quantitative estimate of drug-likeness (QED) is 0.533. The number of nitrogens with two attached hydrogens (primary N) is 2. The second kappa shape index (κ2) is 2.21. The summed E-state index contributed by atoms with van der Waals surface area (Å²) in [6.45, 7) is 3.54. The molecule has 10 heavy (non-hydrogen) atoms. The van der Waals surface area contributed by atoms with Crippen LogP contribution in [0.4, 0.5) is 11.4 Å². The normalized spacial score (nSPS) is 12.6. The number of nitrogen functional groups attached to an aromatic ring is 2. The highest BCUT2D eigenvalue weighted by molar-refractivity contribution is 5.65. The molecular weight excluding hydrogens is 124 g/mol. The minimum Gasteiger partial charge on any atom is -0.397 e. The van der Waals surface area contributed by atoms with Crippen LogP contribution in [0.1, 0.15) is 13.9 Å². The van der Waals surface area contributed by atoms with E-state index in [4.69, 9.17) is 14.2 Å². The van der Waals surface area contributed by atoms with E-state index in [1.165, 1.54) is 0 Å². The molecule has 0 spiro atoms. The molecule has 0 aromatic heterocycles. The van der Waals surface area contributed by atoms with Crippen LogP contribution in [0.2, 0.25) is 0 Å². The predicted octanol–water partition coefficient (Wildman–Crippen LogP) is 1.47. The van der Waals surface area contributed by atoms with Gasteiger partial charge >= 0.3 is 0 Å². The van der Waals surface area contributed by atoms with Crippen molar-refractivity contribution in [2.45, 2.75) is 13.8 Å². The lowest BCUT2D eigenvalue weighted by Crippen LogP contribution is -1.96. The Morgan fingerprint density at radius 3 is 1.70 bits per heavy atom. The molecule has 0 saturated carbocycles. The summed E-state index contributed by atoms with van der Waals surface area (Å²) in [6.07, 6.45) is 0. The standard InChI is InChI=1S/C8H12N2/c1-5-3-7(9)8(10)4-6(5)2/h3-4H,9-10H2,1-2H3/i3D,4D. The van der Waals surface area contributed by atoms with Crippen molar-refractivity contribution in [2.24, 2.45) is 0 Å². The Hall–Kier alpha value is -1.18. The second-order valence-corrected chi connectivity index (χ2v) is 2.33. The Morgan fingerprint density at radius 1 is 1.10 bits per heavy atom. The third kappa shape index (κ3) is 1.05. The van der Waals surface area contributed by atoms with Crippen molar-refractivity contribution in [1.82, 2.24) is 0 Å². The summed E-state index contributed by atoms with van der Waals surface area (Å²) in [5.41, 5.74) is 12.9. The van der Waals surface area contributed by atoms with Crippen LogP contribution in [-0.4, -0.2) is 0 Å². The molecule has 54 valence electrons. The highest BCUT2D eigenvalue weighted by Gasteiger charge is 1.96. The third-order valence-electron chi connectivity index (χ3n) is 1.50. The SMILES string of the molecule is [2H]c1c(C)c(C)c([2H])c(N)c1N. The van der Waals surface area contributed by atoms with Gasteiger partial charge in [-0.1, -0.05) is 0 Å². The maximum atomic E-state index is 7.53. The van der Waals surface area contributed by atoms with Crippen LogP contribution in [0.5, 0.6) is 0 Å². The molecule has 0 amide bonds. The Balaban J connectivity index is 3.60. The zero-order valence-corrected chi connectivity index (χ0v) is 6.15. The molecule has 0 saturated heterocycles. The molecule has 0 atom stereocenters. The molecule has 1 rings (SSSR count). The van der Waals surface area contributed by atoms with E-state index in [-0.39, 0.29) is 23.5 Å². The van der Waals surface area contributed by atoms with Crippen molar-refractivity contribution < 1.29 is 2.74 Å². The minimum atomic E-state index is 0.211. The van der Waals surface area contributed by atoms with Crippen LogP contribution >= 0.6 is 0 Å². The largest absolute Gasteiger partial charge is 0.397 e. The lowest BCUT2D eigenvalue weighted by atomic mass is 10.1. The van der Waals surface area contributed by atoms with Gasteiger partial charge in [-0.25, -0.2) is 0 Å².